The molecule has 1 unspecified atom stereocenters. The summed E-state index contributed by atoms with van der Waals surface area (Å²) in [5.41, 5.74) is 6.65. The van der Waals surface area contributed by atoms with E-state index < -0.39 is 27.7 Å². The molecular formula is C37H39ClN4O5S. The average molecular weight is 687 g/mol. The molecule has 0 fully saturated rings. The fourth-order valence-electron chi connectivity index (χ4n) is 5.28. The van der Waals surface area contributed by atoms with Crippen LogP contribution in [0.15, 0.2) is 91.0 Å². The van der Waals surface area contributed by atoms with Crippen LogP contribution in [0.25, 0.3) is 22.4 Å². The second kappa shape index (κ2) is 14.7. The van der Waals surface area contributed by atoms with Gasteiger partial charge in [-0.3, -0.25) is 14.1 Å². The highest BCUT2D eigenvalue weighted by Crippen LogP contribution is 2.28. The lowest BCUT2D eigenvalue weighted by Gasteiger charge is -2.20. The fraction of sp³-hybridized carbons (Fsp3) is 0.270. The minimum atomic E-state index is -4.17. The molecule has 9 nitrogen and oxygen atoms in total. The molecule has 5 rings (SSSR count). The maximum atomic E-state index is 13.9. The molecule has 5 aromatic rings. The molecule has 0 aliphatic carbocycles. The summed E-state index contributed by atoms with van der Waals surface area (Å²) >= 11 is 6.12. The first-order valence-corrected chi connectivity index (χ1v) is 17.7. The van der Waals surface area contributed by atoms with Crippen molar-refractivity contribution >= 4 is 50.3 Å². The third-order valence-corrected chi connectivity index (χ3v) is 8.99. The quantitative estimate of drug-likeness (QED) is 0.101. The number of aryl methyl sites for hydroxylation is 1. The molecule has 0 aliphatic heterocycles. The number of aromatic nitrogens is 2. The van der Waals surface area contributed by atoms with E-state index in [4.69, 9.17) is 16.2 Å². The van der Waals surface area contributed by atoms with E-state index in [1.807, 2.05) is 48.5 Å². The van der Waals surface area contributed by atoms with Gasteiger partial charge in [0.25, 0.3) is 16.0 Å². The number of nitrogens with zero attached hydrogens (tertiary/aromatic N) is 1. The van der Waals surface area contributed by atoms with Gasteiger partial charge in [0.05, 0.1) is 22.7 Å². The van der Waals surface area contributed by atoms with Crippen molar-refractivity contribution in [2.24, 2.45) is 5.41 Å². The molecule has 0 spiro atoms. The number of benzene rings is 4. The summed E-state index contributed by atoms with van der Waals surface area (Å²) in [7, 11) is -4.17. The van der Waals surface area contributed by atoms with Crippen molar-refractivity contribution in [1.82, 2.24) is 15.3 Å². The van der Waals surface area contributed by atoms with E-state index in [0.717, 1.165) is 40.6 Å². The van der Waals surface area contributed by atoms with Crippen LogP contribution in [0.1, 0.15) is 60.2 Å². The first-order chi connectivity index (χ1) is 22.7. The van der Waals surface area contributed by atoms with Gasteiger partial charge < -0.3 is 15.6 Å². The van der Waals surface area contributed by atoms with Gasteiger partial charge in [-0.05, 0) is 96.0 Å². The highest BCUT2D eigenvalue weighted by Gasteiger charge is 2.22. The number of carbonyl (C=O) groups excluding carboxylic acids is 2. The monoisotopic (exact) mass is 686 g/mol. The Bertz CT molecular complexity index is 2000. The fourth-order valence-corrected chi connectivity index (χ4v) is 5.81. The van der Waals surface area contributed by atoms with Gasteiger partial charge in [0.2, 0.25) is 5.91 Å². The smallest absolute Gasteiger partial charge is 0.266 e. The number of amides is 2. The van der Waals surface area contributed by atoms with Gasteiger partial charge in [-0.2, -0.15) is 8.42 Å². The summed E-state index contributed by atoms with van der Waals surface area (Å²) in [6.07, 6.45) is 2.38. The van der Waals surface area contributed by atoms with Crippen LogP contribution in [0.5, 0.6) is 0 Å². The van der Waals surface area contributed by atoms with Crippen LogP contribution in [0.2, 0.25) is 5.02 Å². The molecule has 0 bridgehead atoms. The van der Waals surface area contributed by atoms with Crippen LogP contribution >= 0.6 is 11.6 Å². The molecule has 4 aromatic carbocycles. The Kier molecular flexibility index (Phi) is 10.7. The van der Waals surface area contributed by atoms with Crippen molar-refractivity contribution in [3.05, 3.63) is 118 Å². The molecule has 0 saturated carbocycles. The van der Waals surface area contributed by atoms with Crippen molar-refractivity contribution in [3.63, 3.8) is 0 Å². The van der Waals surface area contributed by atoms with Crippen LogP contribution in [0.4, 0.5) is 5.69 Å². The average Bonchev–Trinajstić information content (AvgIpc) is 3.46. The molecule has 1 aromatic heterocycles. The summed E-state index contributed by atoms with van der Waals surface area (Å²) in [4.78, 5) is 34.2. The van der Waals surface area contributed by atoms with Crippen LogP contribution < -0.4 is 10.6 Å². The highest BCUT2D eigenvalue weighted by molar-refractivity contribution is 7.85. The Balaban J connectivity index is 1.32. The number of rotatable bonds is 12. The normalized spacial score (nSPS) is 12.5. The van der Waals surface area contributed by atoms with Gasteiger partial charge in [0.1, 0.15) is 5.82 Å². The zero-order valence-corrected chi connectivity index (χ0v) is 28.7. The molecule has 1 heterocycles. The first-order valence-electron chi connectivity index (χ1n) is 15.7. The lowest BCUT2D eigenvalue weighted by atomic mass is 9.87. The van der Waals surface area contributed by atoms with Gasteiger partial charge >= 0.3 is 0 Å². The maximum Gasteiger partial charge on any atom is 0.266 e. The lowest BCUT2D eigenvalue weighted by Crippen LogP contribution is -2.28. The van der Waals surface area contributed by atoms with E-state index in [2.05, 4.69) is 53.5 Å². The molecule has 0 radical (unpaired) electrons. The lowest BCUT2D eigenvalue weighted by molar-refractivity contribution is -0.117. The molecule has 4 N–H and O–H groups in total. The van der Waals surface area contributed by atoms with Crippen LogP contribution in [-0.2, 0) is 27.8 Å². The van der Waals surface area contributed by atoms with E-state index >= 15 is 0 Å². The minimum Gasteiger partial charge on any atom is -0.351 e. The standard InChI is InChI=1S/C37H39ClN4O5S/c1-37(2,3)19-18-24-4-8-26(9-5-24)31(22-25-6-10-28(11-7-25)35(43)39-20-21-48(45,46)47)36(44)40-30-15-12-27(13-16-30)34-41-32-17-14-29(38)23-33(32)42-34/h4-17,23,31H,18-22H2,1-3H3,(H,39,43)(H,40,44)(H,41,42)(H,45,46,47). The van der Waals surface area contributed by atoms with E-state index in [-0.39, 0.29) is 17.9 Å². The van der Waals surface area contributed by atoms with Crippen LogP contribution in [0.3, 0.4) is 0 Å². The summed E-state index contributed by atoms with van der Waals surface area (Å²) in [5.74, 6) is -1.02. The van der Waals surface area contributed by atoms with Gasteiger partial charge in [-0.25, -0.2) is 4.98 Å². The zero-order valence-electron chi connectivity index (χ0n) is 27.1. The highest BCUT2D eigenvalue weighted by atomic mass is 35.5. The Morgan fingerprint density at radius 1 is 0.917 bits per heavy atom. The minimum absolute atomic E-state index is 0.171. The predicted molar refractivity (Wildman–Crippen MR) is 191 cm³/mol. The third-order valence-electron chi connectivity index (χ3n) is 8.03. The van der Waals surface area contributed by atoms with Gasteiger partial charge in [0.15, 0.2) is 0 Å². The number of aromatic amines is 1. The molecule has 2 amide bonds. The zero-order chi connectivity index (χ0) is 34.5. The van der Waals surface area contributed by atoms with Gasteiger partial charge in [-0.1, -0.05) is 68.8 Å². The van der Waals surface area contributed by atoms with Crippen molar-refractivity contribution in [2.45, 2.75) is 46.0 Å². The molecule has 48 heavy (non-hydrogen) atoms. The largest absolute Gasteiger partial charge is 0.351 e. The molecule has 250 valence electrons. The number of fused-ring (bicyclic) bond motifs is 1. The molecular weight excluding hydrogens is 648 g/mol. The Hall–Kier alpha value is -4.51. The summed E-state index contributed by atoms with van der Waals surface area (Å²) < 4.78 is 30.8. The van der Waals surface area contributed by atoms with Crippen LogP contribution in [-0.4, -0.2) is 47.1 Å². The molecule has 0 aliphatic rings. The van der Waals surface area contributed by atoms with Crippen molar-refractivity contribution in [1.29, 1.82) is 0 Å². The van der Waals surface area contributed by atoms with Crippen molar-refractivity contribution in [2.75, 3.05) is 17.6 Å². The summed E-state index contributed by atoms with van der Waals surface area (Å²) in [6, 6.07) is 28.0. The number of carbonyl (C=O) groups is 2. The van der Waals surface area contributed by atoms with Crippen molar-refractivity contribution in [3.8, 4) is 11.4 Å². The van der Waals surface area contributed by atoms with E-state index in [1.54, 1.807) is 30.3 Å². The SMILES string of the molecule is CC(C)(C)CCc1ccc(C(Cc2ccc(C(=O)NCCS(=O)(=O)O)cc2)C(=O)Nc2ccc(-c3nc4ccc(Cl)cc4[nH]3)cc2)cc1. The maximum absolute atomic E-state index is 13.9. The second-order valence-electron chi connectivity index (χ2n) is 13.1. The van der Waals surface area contributed by atoms with Gasteiger partial charge in [-0.15, -0.1) is 0 Å². The Morgan fingerprint density at radius 3 is 2.23 bits per heavy atom. The number of imidazole rings is 1. The third kappa shape index (κ3) is 9.76. The number of halogens is 1. The van der Waals surface area contributed by atoms with Crippen LogP contribution in [0, 0.1) is 5.41 Å². The second-order valence-corrected chi connectivity index (χ2v) is 15.1. The Labute approximate surface area is 285 Å². The number of nitrogens with one attached hydrogen (secondary N) is 3. The molecule has 1 atom stereocenters. The number of hydrogen-bond acceptors (Lipinski definition) is 5. The number of anilines is 1. The van der Waals surface area contributed by atoms with Gasteiger partial charge in [0, 0.05) is 28.4 Å². The summed E-state index contributed by atoms with van der Waals surface area (Å²) in [6.45, 7) is 6.45. The summed E-state index contributed by atoms with van der Waals surface area (Å²) in [5, 5.41) is 6.18. The topological polar surface area (TPSA) is 141 Å². The van der Waals surface area contributed by atoms with E-state index in [9.17, 15) is 18.0 Å². The molecule has 0 saturated heterocycles. The van der Waals surface area contributed by atoms with Crippen molar-refractivity contribution < 1.29 is 22.6 Å². The van der Waals surface area contributed by atoms with E-state index in [0.29, 0.717) is 28.5 Å². The number of hydrogen-bond donors (Lipinski definition) is 4. The Morgan fingerprint density at radius 2 is 1.58 bits per heavy atom. The number of H-pyrrole nitrogens is 1. The first kappa shape index (κ1) is 34.8. The van der Waals surface area contributed by atoms with E-state index in [1.165, 1.54) is 5.56 Å². The molecule has 11 heteroatoms. The predicted octanol–water partition coefficient (Wildman–Crippen LogP) is 7.44.